The molecule has 1 aromatic rings. The SMILES string of the molecule is CC[NH+](CC(=O)Nc1ccc(OC)cc1)CC(=O)N1CCC[C@H](C)C1. The topological polar surface area (TPSA) is 63.1 Å². The van der Waals surface area contributed by atoms with Crippen molar-refractivity contribution in [3.05, 3.63) is 24.3 Å². The molecule has 1 aliphatic rings. The zero-order valence-corrected chi connectivity index (χ0v) is 15.5. The van der Waals surface area contributed by atoms with Crippen LogP contribution in [0.25, 0.3) is 0 Å². The Bertz CT molecular complexity index is 574. The lowest BCUT2D eigenvalue weighted by Gasteiger charge is -2.31. The normalized spacial score (nSPS) is 18.5. The number of ether oxygens (including phenoxy) is 1. The zero-order chi connectivity index (χ0) is 18.2. The van der Waals surface area contributed by atoms with Crippen LogP contribution in [0.1, 0.15) is 26.7 Å². The van der Waals surface area contributed by atoms with Crippen molar-refractivity contribution < 1.29 is 19.2 Å². The molecule has 2 rings (SSSR count). The fraction of sp³-hybridized carbons (Fsp3) is 0.579. The largest absolute Gasteiger partial charge is 0.497 e. The van der Waals surface area contributed by atoms with Crippen LogP contribution in [0.2, 0.25) is 0 Å². The summed E-state index contributed by atoms with van der Waals surface area (Å²) in [5, 5.41) is 2.88. The van der Waals surface area contributed by atoms with Crippen molar-refractivity contribution in [2.75, 3.05) is 45.2 Å². The lowest BCUT2D eigenvalue weighted by Crippen LogP contribution is -3.14. The fourth-order valence-corrected chi connectivity index (χ4v) is 3.16. The maximum Gasteiger partial charge on any atom is 0.279 e. The summed E-state index contributed by atoms with van der Waals surface area (Å²) in [6.07, 6.45) is 2.27. The van der Waals surface area contributed by atoms with Crippen molar-refractivity contribution in [3.8, 4) is 5.75 Å². The quantitative estimate of drug-likeness (QED) is 0.766. The van der Waals surface area contributed by atoms with Crippen LogP contribution in [-0.2, 0) is 9.59 Å². The van der Waals surface area contributed by atoms with Crippen molar-refractivity contribution in [1.29, 1.82) is 0 Å². The smallest absolute Gasteiger partial charge is 0.279 e. The van der Waals surface area contributed by atoms with Crippen molar-refractivity contribution in [2.24, 2.45) is 5.92 Å². The van der Waals surface area contributed by atoms with Crippen molar-refractivity contribution in [2.45, 2.75) is 26.7 Å². The first-order valence-electron chi connectivity index (χ1n) is 9.07. The molecule has 1 aromatic carbocycles. The molecule has 1 heterocycles. The van der Waals surface area contributed by atoms with E-state index in [1.54, 1.807) is 19.2 Å². The van der Waals surface area contributed by atoms with E-state index >= 15 is 0 Å². The number of hydrogen-bond acceptors (Lipinski definition) is 3. The highest BCUT2D eigenvalue weighted by atomic mass is 16.5. The number of hydrogen-bond donors (Lipinski definition) is 2. The maximum absolute atomic E-state index is 12.5. The van der Waals surface area contributed by atoms with E-state index in [4.69, 9.17) is 4.74 Å². The van der Waals surface area contributed by atoms with Gasteiger partial charge in [0.15, 0.2) is 13.1 Å². The number of piperidine rings is 1. The molecule has 0 spiro atoms. The standard InChI is InChI=1S/C19H29N3O3/c1-4-21(14-19(24)22-11-5-6-15(2)12-22)13-18(23)20-16-7-9-17(25-3)10-8-16/h7-10,15H,4-6,11-14H2,1-3H3,(H,20,23)/p+1/t15-/m0/s1. The summed E-state index contributed by atoms with van der Waals surface area (Å²) in [5.74, 6) is 1.39. The van der Waals surface area contributed by atoms with Crippen LogP contribution in [0.4, 0.5) is 5.69 Å². The Hall–Kier alpha value is -2.08. The van der Waals surface area contributed by atoms with Gasteiger partial charge in [0.1, 0.15) is 5.75 Å². The van der Waals surface area contributed by atoms with Crippen LogP contribution in [-0.4, -0.2) is 56.5 Å². The highest BCUT2D eigenvalue weighted by molar-refractivity contribution is 5.91. The number of quaternary nitrogens is 1. The summed E-state index contributed by atoms with van der Waals surface area (Å²) < 4.78 is 5.11. The first kappa shape index (κ1) is 19.2. The van der Waals surface area contributed by atoms with Gasteiger partial charge in [-0.1, -0.05) is 6.92 Å². The number of benzene rings is 1. The molecule has 0 radical (unpaired) electrons. The molecular weight excluding hydrogens is 318 g/mol. The first-order chi connectivity index (χ1) is 12.0. The van der Waals surface area contributed by atoms with Crippen LogP contribution < -0.4 is 15.0 Å². The van der Waals surface area contributed by atoms with Crippen LogP contribution in [0.3, 0.4) is 0 Å². The lowest BCUT2D eigenvalue weighted by atomic mass is 10.0. The molecule has 2 amide bonds. The molecule has 0 saturated carbocycles. The van der Waals surface area contributed by atoms with Gasteiger partial charge in [-0.05, 0) is 49.9 Å². The van der Waals surface area contributed by atoms with Gasteiger partial charge in [-0.15, -0.1) is 0 Å². The van der Waals surface area contributed by atoms with Gasteiger partial charge in [0, 0.05) is 18.8 Å². The summed E-state index contributed by atoms with van der Waals surface area (Å²) in [6.45, 7) is 7.28. The number of nitrogens with zero attached hydrogens (tertiary/aromatic N) is 1. The molecule has 2 N–H and O–H groups in total. The number of amides is 2. The Morgan fingerprint density at radius 2 is 2.00 bits per heavy atom. The third-order valence-electron chi connectivity index (χ3n) is 4.70. The van der Waals surface area contributed by atoms with E-state index in [9.17, 15) is 9.59 Å². The molecule has 1 fully saturated rings. The summed E-state index contributed by atoms with van der Waals surface area (Å²) >= 11 is 0. The average Bonchev–Trinajstić information content (AvgIpc) is 2.61. The number of rotatable bonds is 7. The molecule has 0 bridgehead atoms. The van der Waals surface area contributed by atoms with E-state index in [-0.39, 0.29) is 18.4 Å². The minimum Gasteiger partial charge on any atom is -0.497 e. The molecule has 0 aromatic heterocycles. The summed E-state index contributed by atoms with van der Waals surface area (Å²) in [5.41, 5.74) is 0.734. The van der Waals surface area contributed by atoms with E-state index in [1.807, 2.05) is 24.0 Å². The van der Waals surface area contributed by atoms with Gasteiger partial charge >= 0.3 is 0 Å². The van der Waals surface area contributed by atoms with Crippen molar-refractivity contribution >= 4 is 17.5 Å². The Morgan fingerprint density at radius 3 is 2.60 bits per heavy atom. The number of methoxy groups -OCH3 is 1. The number of carbonyl (C=O) groups excluding carboxylic acids is 2. The summed E-state index contributed by atoms with van der Waals surface area (Å²) in [6, 6.07) is 7.23. The Kier molecular flexibility index (Phi) is 7.25. The van der Waals surface area contributed by atoms with E-state index in [2.05, 4.69) is 12.2 Å². The highest BCUT2D eigenvalue weighted by Crippen LogP contribution is 2.15. The van der Waals surface area contributed by atoms with Gasteiger partial charge in [-0.25, -0.2) is 0 Å². The van der Waals surface area contributed by atoms with Gasteiger partial charge in [-0.2, -0.15) is 0 Å². The number of likely N-dealkylation sites (N-methyl/N-ethyl adjacent to an activating group) is 1. The molecule has 1 unspecified atom stereocenters. The van der Waals surface area contributed by atoms with Crippen LogP contribution in [0.15, 0.2) is 24.3 Å². The van der Waals surface area contributed by atoms with E-state index < -0.39 is 0 Å². The highest BCUT2D eigenvalue weighted by Gasteiger charge is 2.25. The Morgan fingerprint density at radius 1 is 1.28 bits per heavy atom. The fourth-order valence-electron chi connectivity index (χ4n) is 3.16. The van der Waals surface area contributed by atoms with Crippen molar-refractivity contribution in [3.63, 3.8) is 0 Å². The lowest BCUT2D eigenvalue weighted by molar-refractivity contribution is -0.882. The molecule has 138 valence electrons. The molecule has 6 nitrogen and oxygen atoms in total. The number of anilines is 1. The van der Waals surface area contributed by atoms with Crippen LogP contribution in [0, 0.1) is 5.92 Å². The van der Waals surface area contributed by atoms with Gasteiger partial charge in [0.2, 0.25) is 0 Å². The van der Waals surface area contributed by atoms with Gasteiger partial charge < -0.3 is 19.9 Å². The van der Waals surface area contributed by atoms with E-state index in [1.165, 1.54) is 6.42 Å². The molecule has 1 saturated heterocycles. The van der Waals surface area contributed by atoms with Gasteiger partial charge in [-0.3, -0.25) is 9.59 Å². The molecular formula is C19H30N3O3+. The second-order valence-electron chi connectivity index (χ2n) is 6.82. The average molecular weight is 348 g/mol. The monoisotopic (exact) mass is 348 g/mol. The number of carbonyl (C=O) groups is 2. The summed E-state index contributed by atoms with van der Waals surface area (Å²) in [4.78, 5) is 27.7. The zero-order valence-electron chi connectivity index (χ0n) is 15.5. The molecule has 2 atom stereocenters. The maximum atomic E-state index is 12.5. The number of likely N-dealkylation sites (tertiary alicyclic amines) is 1. The van der Waals surface area contributed by atoms with Crippen LogP contribution in [0.5, 0.6) is 5.75 Å². The third-order valence-corrected chi connectivity index (χ3v) is 4.70. The van der Waals surface area contributed by atoms with Gasteiger partial charge in [0.05, 0.1) is 13.7 Å². The molecule has 25 heavy (non-hydrogen) atoms. The predicted molar refractivity (Wildman–Crippen MR) is 97.8 cm³/mol. The van der Waals surface area contributed by atoms with E-state index in [0.29, 0.717) is 12.5 Å². The van der Waals surface area contributed by atoms with Crippen molar-refractivity contribution in [1.82, 2.24) is 4.90 Å². The second kappa shape index (κ2) is 9.42. The van der Waals surface area contributed by atoms with E-state index in [0.717, 1.165) is 42.4 Å². The van der Waals surface area contributed by atoms with Crippen LogP contribution >= 0.6 is 0 Å². The summed E-state index contributed by atoms with van der Waals surface area (Å²) in [7, 11) is 1.61. The predicted octanol–water partition coefficient (Wildman–Crippen LogP) is 0.797. The Balaban J connectivity index is 1.83. The molecule has 6 heteroatoms. The third kappa shape index (κ3) is 6.05. The number of nitrogens with one attached hydrogen (secondary N) is 2. The molecule has 1 aliphatic heterocycles. The Labute approximate surface area is 150 Å². The second-order valence-corrected chi connectivity index (χ2v) is 6.82. The van der Waals surface area contributed by atoms with Gasteiger partial charge in [0.25, 0.3) is 11.8 Å². The molecule has 0 aliphatic carbocycles. The first-order valence-corrected chi connectivity index (χ1v) is 9.07. The minimum atomic E-state index is -0.0816. The minimum absolute atomic E-state index is 0.0816.